The van der Waals surface area contributed by atoms with Crippen molar-refractivity contribution >= 4 is 0 Å². The van der Waals surface area contributed by atoms with Gasteiger partial charge in [-0.15, -0.1) is 0 Å². The highest BCUT2D eigenvalue weighted by Gasteiger charge is 2.06. The number of hydrogen-bond acceptors (Lipinski definition) is 0. The summed E-state index contributed by atoms with van der Waals surface area (Å²) in [5.74, 6) is 1.51. The van der Waals surface area contributed by atoms with Crippen molar-refractivity contribution in [2.24, 2.45) is 0 Å². The molecule has 0 heteroatoms. The third-order valence-corrected chi connectivity index (χ3v) is 2.23. The molecule has 12 heavy (non-hydrogen) atoms. The van der Waals surface area contributed by atoms with Crippen LogP contribution in [-0.4, -0.2) is 0 Å². The second-order valence-electron chi connectivity index (χ2n) is 3.35. The summed E-state index contributed by atoms with van der Waals surface area (Å²) in [5, 5.41) is 0. The van der Waals surface area contributed by atoms with E-state index in [2.05, 4.69) is 45.0 Å². The lowest BCUT2D eigenvalue weighted by molar-refractivity contribution is 0.825. The smallest absolute Gasteiger partial charge is 0.00215 e. The minimum absolute atomic E-state index is 1.21. The molecule has 0 saturated heterocycles. The average Bonchev–Trinajstić information content (AvgIpc) is 2.05. The van der Waals surface area contributed by atoms with Crippen LogP contribution in [0.25, 0.3) is 0 Å². The molecule has 0 N–H and O–H groups in total. The first-order valence-electron chi connectivity index (χ1n) is 4.64. The van der Waals surface area contributed by atoms with Crippen molar-refractivity contribution in [3.8, 4) is 0 Å². The first kappa shape index (κ1) is 9.31. The molecule has 0 nitrogen and oxygen atoms in total. The summed E-state index contributed by atoms with van der Waals surface area (Å²) in [6, 6.07) is 8.59. The molecule has 0 aliphatic carbocycles. The predicted octanol–water partition coefficient (Wildman–Crippen LogP) is 3.74. The van der Waals surface area contributed by atoms with Gasteiger partial charge in [0.05, 0.1) is 0 Å². The Morgan fingerprint density at radius 2 is 1.92 bits per heavy atom. The zero-order valence-electron chi connectivity index (χ0n) is 8.22. The van der Waals surface area contributed by atoms with Crippen LogP contribution in [0.4, 0.5) is 0 Å². The Kier molecular flexibility index (Phi) is 3.33. The summed E-state index contributed by atoms with van der Waals surface area (Å²) >= 11 is 0. The van der Waals surface area contributed by atoms with Crippen molar-refractivity contribution in [3.63, 3.8) is 0 Å². The van der Waals surface area contributed by atoms with Gasteiger partial charge < -0.3 is 0 Å². The normalized spacial score (nSPS) is 10.7. The summed E-state index contributed by atoms with van der Waals surface area (Å²) < 4.78 is 0. The molecule has 0 bridgehead atoms. The summed E-state index contributed by atoms with van der Waals surface area (Å²) in [4.78, 5) is 0. The molecule has 0 spiro atoms. The molecular weight excluding hydrogens is 144 g/mol. The van der Waals surface area contributed by atoms with E-state index in [-0.39, 0.29) is 0 Å². The predicted molar refractivity (Wildman–Crippen MR) is 54.1 cm³/mol. The number of benzene rings is 1. The summed E-state index contributed by atoms with van der Waals surface area (Å²) in [5.41, 5.74) is 2.82. The molecule has 0 saturated carbocycles. The van der Waals surface area contributed by atoms with Crippen LogP contribution >= 0.6 is 0 Å². The van der Waals surface area contributed by atoms with Crippen molar-refractivity contribution in [3.05, 3.63) is 41.3 Å². The van der Waals surface area contributed by atoms with Gasteiger partial charge in [-0.2, -0.15) is 0 Å². The van der Waals surface area contributed by atoms with Gasteiger partial charge in [-0.05, 0) is 24.5 Å². The SMILES string of the molecule is CCC[C](C)c1ccccc1C. The highest BCUT2D eigenvalue weighted by molar-refractivity contribution is 5.36. The fraction of sp³-hybridized carbons (Fsp3) is 0.417. The van der Waals surface area contributed by atoms with Gasteiger partial charge in [0.15, 0.2) is 0 Å². The van der Waals surface area contributed by atoms with Crippen molar-refractivity contribution in [2.45, 2.75) is 33.6 Å². The van der Waals surface area contributed by atoms with Crippen LogP contribution in [0.15, 0.2) is 24.3 Å². The Labute approximate surface area is 75.6 Å². The Morgan fingerprint density at radius 3 is 2.50 bits per heavy atom. The zero-order chi connectivity index (χ0) is 8.97. The maximum atomic E-state index is 2.23. The van der Waals surface area contributed by atoms with Crippen LogP contribution in [0.3, 0.4) is 0 Å². The summed E-state index contributed by atoms with van der Waals surface area (Å²) in [7, 11) is 0. The van der Waals surface area contributed by atoms with Crippen LogP contribution in [0, 0.1) is 12.8 Å². The molecule has 0 aliphatic heterocycles. The lowest BCUT2D eigenvalue weighted by Gasteiger charge is -2.12. The number of aryl methyl sites for hydroxylation is 1. The zero-order valence-corrected chi connectivity index (χ0v) is 8.22. The van der Waals surface area contributed by atoms with E-state index in [1.54, 1.807) is 0 Å². The van der Waals surface area contributed by atoms with Gasteiger partial charge in [-0.3, -0.25) is 0 Å². The largest absolute Gasteiger partial charge is 0.0654 e. The van der Waals surface area contributed by atoms with Crippen molar-refractivity contribution in [1.29, 1.82) is 0 Å². The summed E-state index contributed by atoms with van der Waals surface area (Å²) in [6.07, 6.45) is 2.45. The first-order valence-corrected chi connectivity index (χ1v) is 4.64. The van der Waals surface area contributed by atoms with Crippen molar-refractivity contribution in [1.82, 2.24) is 0 Å². The van der Waals surface area contributed by atoms with Gasteiger partial charge in [-0.1, -0.05) is 44.5 Å². The molecule has 0 fully saturated rings. The molecule has 0 amide bonds. The Balaban J connectivity index is 2.79. The first-order chi connectivity index (χ1) is 5.75. The van der Waals surface area contributed by atoms with E-state index in [1.807, 2.05) is 0 Å². The Hall–Kier alpha value is -0.780. The van der Waals surface area contributed by atoms with Crippen LogP contribution in [0.5, 0.6) is 0 Å². The van der Waals surface area contributed by atoms with Gasteiger partial charge in [-0.25, -0.2) is 0 Å². The third-order valence-electron chi connectivity index (χ3n) is 2.23. The molecule has 0 aromatic heterocycles. The molecule has 1 rings (SSSR count). The fourth-order valence-corrected chi connectivity index (χ4v) is 1.56. The molecule has 0 heterocycles. The fourth-order valence-electron chi connectivity index (χ4n) is 1.56. The monoisotopic (exact) mass is 161 g/mol. The van der Waals surface area contributed by atoms with E-state index in [9.17, 15) is 0 Å². The van der Waals surface area contributed by atoms with E-state index < -0.39 is 0 Å². The van der Waals surface area contributed by atoms with E-state index >= 15 is 0 Å². The molecule has 0 unspecified atom stereocenters. The minimum Gasteiger partial charge on any atom is -0.0654 e. The summed E-state index contributed by atoms with van der Waals surface area (Å²) in [6.45, 7) is 6.63. The van der Waals surface area contributed by atoms with Gasteiger partial charge >= 0.3 is 0 Å². The molecule has 1 radical (unpaired) electrons. The maximum absolute atomic E-state index is 2.23. The van der Waals surface area contributed by atoms with E-state index in [1.165, 1.54) is 29.9 Å². The van der Waals surface area contributed by atoms with Crippen LogP contribution in [0.1, 0.15) is 37.8 Å². The molecule has 0 aliphatic rings. The highest BCUT2D eigenvalue weighted by Crippen LogP contribution is 2.21. The lowest BCUT2D eigenvalue weighted by Crippen LogP contribution is -1.96. The highest BCUT2D eigenvalue weighted by atomic mass is 14.1. The van der Waals surface area contributed by atoms with Gasteiger partial charge in [0.2, 0.25) is 0 Å². The Morgan fingerprint density at radius 1 is 1.25 bits per heavy atom. The van der Waals surface area contributed by atoms with E-state index in [0.717, 1.165) is 0 Å². The van der Waals surface area contributed by atoms with Crippen LogP contribution in [0.2, 0.25) is 0 Å². The Bertz CT molecular complexity index is 238. The standard InChI is InChI=1S/C12H17/c1-4-7-10(2)12-9-6-5-8-11(12)3/h5-6,8-9H,4,7H2,1-3H3. The topological polar surface area (TPSA) is 0 Å². The van der Waals surface area contributed by atoms with Gasteiger partial charge in [0.25, 0.3) is 0 Å². The average molecular weight is 161 g/mol. The lowest BCUT2D eigenvalue weighted by atomic mass is 9.93. The van der Waals surface area contributed by atoms with Crippen LogP contribution < -0.4 is 0 Å². The second-order valence-corrected chi connectivity index (χ2v) is 3.35. The van der Waals surface area contributed by atoms with Gasteiger partial charge in [0.1, 0.15) is 0 Å². The van der Waals surface area contributed by atoms with Crippen molar-refractivity contribution in [2.75, 3.05) is 0 Å². The van der Waals surface area contributed by atoms with Gasteiger partial charge in [0, 0.05) is 5.92 Å². The van der Waals surface area contributed by atoms with E-state index in [4.69, 9.17) is 0 Å². The third kappa shape index (κ3) is 2.10. The minimum atomic E-state index is 1.21. The van der Waals surface area contributed by atoms with Crippen LogP contribution in [-0.2, 0) is 0 Å². The maximum Gasteiger partial charge on any atom is 0.00215 e. The second kappa shape index (κ2) is 4.30. The molecule has 65 valence electrons. The number of hydrogen-bond donors (Lipinski definition) is 0. The molecule has 1 aromatic rings. The molecular formula is C12H17. The molecule has 1 aromatic carbocycles. The number of rotatable bonds is 3. The quantitative estimate of drug-likeness (QED) is 0.633. The van der Waals surface area contributed by atoms with Crippen molar-refractivity contribution < 1.29 is 0 Å². The molecule has 0 atom stereocenters. The van der Waals surface area contributed by atoms with E-state index in [0.29, 0.717) is 0 Å².